The number of carbonyl (C=O) groups excluding carboxylic acids is 1. The van der Waals surface area contributed by atoms with Crippen LogP contribution in [0, 0.1) is 13.8 Å². The normalized spacial score (nSPS) is 14.5. The summed E-state index contributed by atoms with van der Waals surface area (Å²) in [6.45, 7) is 11.2. The van der Waals surface area contributed by atoms with Crippen LogP contribution in [-0.2, 0) is 15.9 Å². The van der Waals surface area contributed by atoms with Gasteiger partial charge in [-0.2, -0.15) is 5.10 Å². The van der Waals surface area contributed by atoms with Gasteiger partial charge in [0.15, 0.2) is 0 Å². The summed E-state index contributed by atoms with van der Waals surface area (Å²) in [4.78, 5) is 15.7. The van der Waals surface area contributed by atoms with E-state index in [-0.39, 0.29) is 5.91 Å². The minimum Gasteiger partial charge on any atom is -0.382 e. The van der Waals surface area contributed by atoms with Crippen LogP contribution < -0.4 is 10.2 Å². The summed E-state index contributed by atoms with van der Waals surface area (Å²) in [6, 6.07) is 2.04. The maximum atomic E-state index is 12.7. The largest absolute Gasteiger partial charge is 0.382 e. The molecule has 1 aliphatic heterocycles. The number of ether oxygens (including phenoxy) is 2. The predicted molar refractivity (Wildman–Crippen MR) is 112 cm³/mol. The van der Waals surface area contributed by atoms with Crippen LogP contribution in [0.2, 0.25) is 0 Å². The number of morpholine rings is 1. The fourth-order valence-corrected chi connectivity index (χ4v) is 4.47. The Bertz CT molecular complexity index is 761. The zero-order valence-corrected chi connectivity index (χ0v) is 17.8. The summed E-state index contributed by atoms with van der Waals surface area (Å²) < 4.78 is 10.8. The molecule has 0 bridgehead atoms. The first-order chi connectivity index (χ1) is 13.6. The second-order valence-corrected chi connectivity index (χ2v) is 7.97. The summed E-state index contributed by atoms with van der Waals surface area (Å²) in [7, 11) is 0. The molecule has 3 rings (SSSR count). The molecule has 2 N–H and O–H groups in total. The van der Waals surface area contributed by atoms with Crippen LogP contribution in [0.5, 0.6) is 0 Å². The van der Waals surface area contributed by atoms with Crippen molar-refractivity contribution in [3.05, 3.63) is 33.5 Å². The third-order valence-electron chi connectivity index (χ3n) is 4.91. The van der Waals surface area contributed by atoms with E-state index in [4.69, 9.17) is 9.47 Å². The van der Waals surface area contributed by atoms with Crippen molar-refractivity contribution in [2.24, 2.45) is 0 Å². The van der Waals surface area contributed by atoms with Gasteiger partial charge in [-0.15, -0.1) is 11.3 Å². The van der Waals surface area contributed by atoms with E-state index in [0.717, 1.165) is 55.4 Å². The van der Waals surface area contributed by atoms with Crippen LogP contribution in [0.25, 0.3) is 0 Å². The van der Waals surface area contributed by atoms with Gasteiger partial charge in [-0.1, -0.05) is 0 Å². The molecular formula is C20H30N4O3S. The van der Waals surface area contributed by atoms with E-state index in [9.17, 15) is 4.79 Å². The molecule has 0 atom stereocenters. The summed E-state index contributed by atoms with van der Waals surface area (Å²) in [5, 5.41) is 11.6. The number of aryl methyl sites for hydroxylation is 2. The van der Waals surface area contributed by atoms with Gasteiger partial charge in [0, 0.05) is 50.5 Å². The molecule has 0 unspecified atom stereocenters. The van der Waals surface area contributed by atoms with E-state index >= 15 is 0 Å². The third kappa shape index (κ3) is 5.12. The van der Waals surface area contributed by atoms with E-state index < -0.39 is 0 Å². The second kappa shape index (κ2) is 10.0. The summed E-state index contributed by atoms with van der Waals surface area (Å²) >= 11 is 1.57. The lowest BCUT2D eigenvalue weighted by Crippen LogP contribution is -2.36. The van der Waals surface area contributed by atoms with Crippen molar-refractivity contribution in [2.75, 3.05) is 51.0 Å². The van der Waals surface area contributed by atoms with Crippen molar-refractivity contribution in [3.63, 3.8) is 0 Å². The number of amides is 1. The number of hydrogen-bond donors (Lipinski definition) is 2. The molecule has 0 aliphatic carbocycles. The molecule has 28 heavy (non-hydrogen) atoms. The van der Waals surface area contributed by atoms with Crippen LogP contribution >= 0.6 is 11.3 Å². The van der Waals surface area contributed by atoms with Gasteiger partial charge >= 0.3 is 0 Å². The molecule has 0 saturated carbocycles. The molecule has 0 radical (unpaired) electrons. The molecular weight excluding hydrogens is 376 g/mol. The van der Waals surface area contributed by atoms with E-state index in [1.54, 1.807) is 11.3 Å². The molecule has 154 valence electrons. The number of anilines is 1. The highest BCUT2D eigenvalue weighted by molar-refractivity contribution is 7.18. The molecule has 1 amide bonds. The molecule has 2 aromatic rings. The number of hydrogen-bond acceptors (Lipinski definition) is 6. The Morgan fingerprint density at radius 1 is 1.39 bits per heavy atom. The monoisotopic (exact) mass is 406 g/mol. The number of nitrogens with one attached hydrogen (secondary N) is 2. The quantitative estimate of drug-likeness (QED) is 0.626. The smallest absolute Gasteiger partial charge is 0.261 e. The third-order valence-corrected chi connectivity index (χ3v) is 6.15. The number of thiophene rings is 1. The summed E-state index contributed by atoms with van der Waals surface area (Å²) in [5.74, 6) is -0.0112. The van der Waals surface area contributed by atoms with Crippen LogP contribution in [0.15, 0.2) is 6.07 Å². The minimum absolute atomic E-state index is 0.0112. The van der Waals surface area contributed by atoms with Crippen molar-refractivity contribution >= 4 is 22.2 Å². The van der Waals surface area contributed by atoms with Crippen LogP contribution in [0.1, 0.15) is 45.5 Å². The first kappa shape index (κ1) is 20.8. The Kier molecular flexibility index (Phi) is 7.47. The van der Waals surface area contributed by atoms with Gasteiger partial charge in [0.05, 0.1) is 28.8 Å². The first-order valence-corrected chi connectivity index (χ1v) is 10.7. The molecule has 3 heterocycles. The van der Waals surface area contributed by atoms with Gasteiger partial charge in [0.25, 0.3) is 5.91 Å². The maximum Gasteiger partial charge on any atom is 0.261 e. The van der Waals surface area contributed by atoms with E-state index in [2.05, 4.69) is 20.4 Å². The highest BCUT2D eigenvalue weighted by Gasteiger charge is 2.22. The lowest BCUT2D eigenvalue weighted by Gasteiger charge is -2.28. The van der Waals surface area contributed by atoms with Crippen molar-refractivity contribution in [1.29, 1.82) is 0 Å². The highest BCUT2D eigenvalue weighted by atomic mass is 32.1. The van der Waals surface area contributed by atoms with Crippen LogP contribution in [-0.4, -0.2) is 62.2 Å². The van der Waals surface area contributed by atoms with Gasteiger partial charge in [-0.3, -0.25) is 9.89 Å². The van der Waals surface area contributed by atoms with Crippen molar-refractivity contribution < 1.29 is 14.3 Å². The zero-order valence-electron chi connectivity index (χ0n) is 17.0. The molecule has 2 aromatic heterocycles. The van der Waals surface area contributed by atoms with Gasteiger partial charge in [-0.25, -0.2) is 0 Å². The van der Waals surface area contributed by atoms with Gasteiger partial charge in [0.1, 0.15) is 0 Å². The van der Waals surface area contributed by atoms with Crippen LogP contribution in [0.4, 0.5) is 5.00 Å². The Hall–Kier alpha value is -1.90. The highest BCUT2D eigenvalue weighted by Crippen LogP contribution is 2.34. The van der Waals surface area contributed by atoms with Crippen molar-refractivity contribution in [2.45, 2.75) is 33.6 Å². The summed E-state index contributed by atoms with van der Waals surface area (Å²) in [6.07, 6.45) is 1.59. The fourth-order valence-electron chi connectivity index (χ4n) is 3.32. The molecule has 0 aromatic carbocycles. The maximum absolute atomic E-state index is 12.7. The predicted octanol–water partition coefficient (Wildman–Crippen LogP) is 2.67. The standard InChI is InChI=1S/C20H30N4O3S/c1-4-26-9-5-6-21-19(25)18-13-16(12-17-14(2)22-23-15(17)3)20(28-18)24-7-10-27-11-8-24/h13H,4-12H2,1-3H3,(H,21,25)(H,22,23). The fraction of sp³-hybridized carbons (Fsp3) is 0.600. The van der Waals surface area contributed by atoms with Gasteiger partial charge in [-0.05, 0) is 38.8 Å². The number of carbonyl (C=O) groups is 1. The number of nitrogens with zero attached hydrogens (tertiary/aromatic N) is 2. The first-order valence-electron chi connectivity index (χ1n) is 9.92. The molecule has 8 heteroatoms. The average Bonchev–Trinajstić information content (AvgIpc) is 3.27. The molecule has 0 spiro atoms. The lowest BCUT2D eigenvalue weighted by molar-refractivity contribution is 0.0948. The van der Waals surface area contributed by atoms with Gasteiger partial charge < -0.3 is 19.7 Å². The Morgan fingerprint density at radius 2 is 2.18 bits per heavy atom. The molecule has 1 saturated heterocycles. The second-order valence-electron chi connectivity index (χ2n) is 6.94. The molecule has 7 nitrogen and oxygen atoms in total. The Morgan fingerprint density at radius 3 is 2.86 bits per heavy atom. The average molecular weight is 407 g/mol. The zero-order chi connectivity index (χ0) is 19.9. The van der Waals surface area contributed by atoms with Crippen LogP contribution in [0.3, 0.4) is 0 Å². The SMILES string of the molecule is CCOCCCNC(=O)c1cc(Cc2c(C)n[nH]c2C)c(N2CCOCC2)s1. The number of rotatable bonds is 9. The Labute approximate surface area is 170 Å². The minimum atomic E-state index is -0.0112. The lowest BCUT2D eigenvalue weighted by atomic mass is 10.0. The van der Waals surface area contributed by atoms with E-state index in [0.29, 0.717) is 19.8 Å². The van der Waals surface area contributed by atoms with E-state index in [1.165, 1.54) is 16.1 Å². The van der Waals surface area contributed by atoms with E-state index in [1.807, 2.05) is 26.8 Å². The van der Waals surface area contributed by atoms with Gasteiger partial charge in [0.2, 0.25) is 0 Å². The topological polar surface area (TPSA) is 79.5 Å². The molecule has 1 fully saturated rings. The molecule has 1 aliphatic rings. The Balaban J connectivity index is 1.76. The number of H-pyrrole nitrogens is 1. The van der Waals surface area contributed by atoms with Crippen molar-refractivity contribution in [3.8, 4) is 0 Å². The number of aromatic amines is 1. The van der Waals surface area contributed by atoms with Crippen molar-refractivity contribution in [1.82, 2.24) is 15.5 Å². The number of aromatic nitrogens is 2. The summed E-state index contributed by atoms with van der Waals surface area (Å²) in [5.41, 5.74) is 4.48.